The molecule has 0 aliphatic carbocycles. The Balaban J connectivity index is 2.39. The maximum Gasteiger partial charge on any atom is 0.336 e. The number of H-pyrrole nitrogens is 1. The maximum atomic E-state index is 12.3. The molecule has 0 fully saturated rings. The number of rotatable bonds is 4. The number of nitrogens with zero attached hydrogens (tertiary/aromatic N) is 2. The topological polar surface area (TPSA) is 117 Å². The molecule has 21 heavy (non-hydrogen) atoms. The largest absolute Gasteiger partial charge is 0.478 e. The number of anilines is 1. The van der Waals surface area contributed by atoms with Crippen LogP contribution in [-0.2, 0) is 0 Å². The fourth-order valence-electron chi connectivity index (χ4n) is 1.94. The molecule has 0 radical (unpaired) electrons. The first-order valence-corrected chi connectivity index (χ1v) is 6.05. The van der Waals surface area contributed by atoms with Crippen LogP contribution in [0, 0.1) is 13.8 Å². The summed E-state index contributed by atoms with van der Waals surface area (Å²) in [5.74, 6) is -1.65. The van der Waals surface area contributed by atoms with Crippen LogP contribution < -0.4 is 10.1 Å². The number of aryl methyl sites for hydroxylation is 2. The predicted molar refractivity (Wildman–Crippen MR) is 73.8 cm³/mol. The summed E-state index contributed by atoms with van der Waals surface area (Å²) in [6.45, 7) is 3.30. The molecular weight excluding hydrogens is 276 g/mol. The zero-order chi connectivity index (χ0) is 15.6. The summed E-state index contributed by atoms with van der Waals surface area (Å²) in [5, 5.41) is 17.9. The van der Waals surface area contributed by atoms with Gasteiger partial charge in [-0.1, -0.05) is 12.1 Å². The van der Waals surface area contributed by atoms with E-state index in [1.165, 1.54) is 7.11 Å². The minimum Gasteiger partial charge on any atom is -0.478 e. The van der Waals surface area contributed by atoms with Crippen LogP contribution >= 0.6 is 0 Å². The average Bonchev–Trinajstić information content (AvgIpc) is 2.88. The van der Waals surface area contributed by atoms with Crippen molar-refractivity contribution in [1.82, 2.24) is 15.2 Å². The van der Waals surface area contributed by atoms with Gasteiger partial charge in [-0.3, -0.25) is 10.1 Å². The lowest BCUT2D eigenvalue weighted by Gasteiger charge is -2.11. The predicted octanol–water partition coefficient (Wildman–Crippen LogP) is 1.38. The average molecular weight is 290 g/mol. The Morgan fingerprint density at radius 3 is 2.38 bits per heavy atom. The molecule has 0 atom stereocenters. The fourth-order valence-corrected chi connectivity index (χ4v) is 1.94. The molecule has 0 aliphatic rings. The molecule has 0 spiro atoms. The number of aromatic carboxylic acids is 1. The van der Waals surface area contributed by atoms with Crippen LogP contribution in [0.2, 0.25) is 0 Å². The summed E-state index contributed by atoms with van der Waals surface area (Å²) < 4.78 is 4.79. The van der Waals surface area contributed by atoms with E-state index in [-0.39, 0.29) is 23.1 Å². The van der Waals surface area contributed by atoms with E-state index in [9.17, 15) is 14.7 Å². The van der Waals surface area contributed by atoms with Crippen LogP contribution in [0.3, 0.4) is 0 Å². The number of hydrogen-bond acceptors (Lipinski definition) is 5. The van der Waals surface area contributed by atoms with Gasteiger partial charge in [-0.05, 0) is 25.0 Å². The van der Waals surface area contributed by atoms with Crippen LogP contribution in [0.15, 0.2) is 12.1 Å². The molecule has 1 aromatic heterocycles. The number of carbonyl (C=O) groups is 2. The van der Waals surface area contributed by atoms with Gasteiger partial charge in [0.1, 0.15) is 0 Å². The van der Waals surface area contributed by atoms with Gasteiger partial charge >= 0.3 is 12.0 Å². The van der Waals surface area contributed by atoms with E-state index in [2.05, 4.69) is 20.5 Å². The molecule has 1 amide bonds. The number of methoxy groups -OCH3 is 1. The third-order valence-corrected chi connectivity index (χ3v) is 2.94. The Labute approximate surface area is 120 Å². The van der Waals surface area contributed by atoms with Crippen molar-refractivity contribution in [2.75, 3.05) is 12.4 Å². The molecule has 8 heteroatoms. The molecule has 2 aromatic rings. The van der Waals surface area contributed by atoms with E-state index in [1.807, 2.05) is 0 Å². The summed E-state index contributed by atoms with van der Waals surface area (Å²) in [5.41, 5.74) is 1.13. The van der Waals surface area contributed by atoms with Crippen molar-refractivity contribution in [2.45, 2.75) is 13.8 Å². The summed E-state index contributed by atoms with van der Waals surface area (Å²) in [7, 11) is 1.39. The first-order chi connectivity index (χ1) is 9.93. The number of ether oxygens (including phenoxy) is 1. The number of benzene rings is 1. The quantitative estimate of drug-likeness (QED) is 0.783. The van der Waals surface area contributed by atoms with Gasteiger partial charge < -0.3 is 9.84 Å². The van der Waals surface area contributed by atoms with E-state index in [0.29, 0.717) is 11.1 Å². The maximum absolute atomic E-state index is 12.3. The minimum absolute atomic E-state index is 0.0287. The van der Waals surface area contributed by atoms with Crippen LogP contribution in [-0.4, -0.2) is 39.3 Å². The van der Waals surface area contributed by atoms with E-state index >= 15 is 0 Å². The molecular formula is C13H14N4O4. The number of aromatic amines is 1. The molecule has 0 saturated carbocycles. The summed E-state index contributed by atoms with van der Waals surface area (Å²) in [4.78, 5) is 27.5. The summed E-state index contributed by atoms with van der Waals surface area (Å²) in [6.07, 6.45) is 0. The Bertz CT molecular complexity index is 708. The normalized spacial score (nSPS) is 10.2. The monoisotopic (exact) mass is 290 g/mol. The van der Waals surface area contributed by atoms with Gasteiger partial charge in [0.15, 0.2) is 0 Å². The van der Waals surface area contributed by atoms with Gasteiger partial charge in [0.25, 0.3) is 5.91 Å². The second kappa shape index (κ2) is 5.61. The Hall–Kier alpha value is -2.90. The number of carboxylic acids is 1. The highest BCUT2D eigenvalue weighted by molar-refractivity contribution is 6.11. The Morgan fingerprint density at radius 2 is 1.86 bits per heavy atom. The summed E-state index contributed by atoms with van der Waals surface area (Å²) in [6, 6.07) is 3.43. The van der Waals surface area contributed by atoms with Crippen molar-refractivity contribution in [1.29, 1.82) is 0 Å². The van der Waals surface area contributed by atoms with Crippen molar-refractivity contribution in [3.63, 3.8) is 0 Å². The first kappa shape index (κ1) is 14.5. The smallest absolute Gasteiger partial charge is 0.336 e. The standard InChI is InChI=1S/C13H14N4O4/c1-6-4-5-7(2)9(11(19)20)8(6)10(18)14-12-15-13(21-3)17-16-12/h4-5H,1-3H3,(H,19,20)(H2,14,15,16,17,18). The van der Waals surface area contributed by atoms with E-state index in [1.54, 1.807) is 26.0 Å². The molecule has 110 valence electrons. The Morgan fingerprint density at radius 1 is 1.24 bits per heavy atom. The molecule has 0 aliphatic heterocycles. The van der Waals surface area contributed by atoms with Gasteiger partial charge in [-0.15, -0.1) is 5.10 Å². The minimum atomic E-state index is -1.16. The number of nitrogens with one attached hydrogen (secondary N) is 2. The number of aromatic nitrogens is 3. The number of hydrogen-bond donors (Lipinski definition) is 3. The molecule has 0 unspecified atom stereocenters. The van der Waals surface area contributed by atoms with E-state index < -0.39 is 11.9 Å². The van der Waals surface area contributed by atoms with Crippen molar-refractivity contribution >= 4 is 17.8 Å². The lowest BCUT2D eigenvalue weighted by Crippen LogP contribution is -2.19. The van der Waals surface area contributed by atoms with Gasteiger partial charge in [-0.25, -0.2) is 9.89 Å². The van der Waals surface area contributed by atoms with Gasteiger partial charge in [0.2, 0.25) is 5.95 Å². The van der Waals surface area contributed by atoms with Crippen LogP contribution in [0.5, 0.6) is 6.01 Å². The van der Waals surface area contributed by atoms with Gasteiger partial charge in [0.05, 0.1) is 18.2 Å². The summed E-state index contributed by atoms with van der Waals surface area (Å²) >= 11 is 0. The van der Waals surface area contributed by atoms with Gasteiger partial charge in [-0.2, -0.15) is 4.98 Å². The molecule has 0 saturated heterocycles. The van der Waals surface area contributed by atoms with E-state index in [4.69, 9.17) is 4.74 Å². The van der Waals surface area contributed by atoms with Crippen molar-refractivity contribution in [2.24, 2.45) is 0 Å². The number of carbonyl (C=O) groups excluding carboxylic acids is 1. The zero-order valence-corrected chi connectivity index (χ0v) is 11.7. The second-order valence-electron chi connectivity index (χ2n) is 4.38. The third kappa shape index (κ3) is 2.83. The molecule has 8 nitrogen and oxygen atoms in total. The van der Waals surface area contributed by atoms with Crippen LogP contribution in [0.4, 0.5) is 5.95 Å². The molecule has 1 aromatic carbocycles. The Kier molecular flexibility index (Phi) is 3.88. The lowest BCUT2D eigenvalue weighted by molar-refractivity contribution is 0.0691. The highest BCUT2D eigenvalue weighted by Crippen LogP contribution is 2.20. The van der Waals surface area contributed by atoms with E-state index in [0.717, 1.165) is 0 Å². The SMILES string of the molecule is COc1n[nH]c(NC(=O)c2c(C)ccc(C)c2C(=O)O)n1. The van der Waals surface area contributed by atoms with Crippen LogP contribution in [0.1, 0.15) is 31.8 Å². The zero-order valence-electron chi connectivity index (χ0n) is 11.7. The molecule has 0 bridgehead atoms. The van der Waals surface area contributed by atoms with Crippen molar-refractivity contribution in [3.05, 3.63) is 34.4 Å². The molecule has 2 rings (SSSR count). The molecule has 3 N–H and O–H groups in total. The fraction of sp³-hybridized carbons (Fsp3) is 0.231. The van der Waals surface area contributed by atoms with Crippen molar-refractivity contribution in [3.8, 4) is 6.01 Å². The van der Waals surface area contributed by atoms with Crippen LogP contribution in [0.25, 0.3) is 0 Å². The molecule has 1 heterocycles. The van der Waals surface area contributed by atoms with Crippen molar-refractivity contribution < 1.29 is 19.4 Å². The second-order valence-corrected chi connectivity index (χ2v) is 4.38. The highest BCUT2D eigenvalue weighted by atomic mass is 16.5. The highest BCUT2D eigenvalue weighted by Gasteiger charge is 2.22. The third-order valence-electron chi connectivity index (χ3n) is 2.94. The number of carboxylic acid groups (broad SMARTS) is 1. The van der Waals surface area contributed by atoms with Gasteiger partial charge in [0, 0.05) is 0 Å². The first-order valence-electron chi connectivity index (χ1n) is 6.05. The lowest BCUT2D eigenvalue weighted by atomic mass is 9.96. The number of amides is 1.